The number of alkyl carbamates (subject to hydrolysis) is 1. The highest BCUT2D eigenvalue weighted by Gasteiger charge is 2.32. The molecule has 1 aliphatic heterocycles. The lowest BCUT2D eigenvalue weighted by Gasteiger charge is -2.25. The number of aromatic hydroxyl groups is 1. The molecule has 188 valence electrons. The highest BCUT2D eigenvalue weighted by Crippen LogP contribution is 2.35. The van der Waals surface area contributed by atoms with Crippen molar-refractivity contribution in [2.75, 3.05) is 26.6 Å². The first-order chi connectivity index (χ1) is 15.9. The minimum absolute atomic E-state index is 0.0796. The van der Waals surface area contributed by atoms with Crippen molar-refractivity contribution in [3.05, 3.63) is 22.8 Å². The minimum atomic E-state index is -1.36. The van der Waals surface area contributed by atoms with Gasteiger partial charge < -0.3 is 34.7 Å². The molecule has 0 saturated heterocycles. The van der Waals surface area contributed by atoms with E-state index in [2.05, 4.69) is 10.6 Å². The standard InChI is InChI=1S/C22H30N2O9S/c1-11-15(25)7-16(30-5)12-9-34-10-14(19(27)31-6)23-18(26)13(8-32-20(28)17(11)12)24-21(29)33-22(2,3)4/h7,13-14,25H,8-10H2,1-6H3,(H,23,26)(H,24,29)/t13-,14+/m1/s1. The molecule has 0 aliphatic carbocycles. The molecular formula is C22H30N2O9S. The van der Waals surface area contributed by atoms with Crippen LogP contribution in [0.25, 0.3) is 0 Å². The summed E-state index contributed by atoms with van der Waals surface area (Å²) in [6.07, 6.45) is -0.907. The SMILES string of the molecule is COC(=O)[C@@H]1CSCc2c(OC)cc(O)c(C)c2C(=O)OC[C@@H](NC(=O)OC(C)(C)C)C(=O)N1. The van der Waals surface area contributed by atoms with Gasteiger partial charge in [-0.25, -0.2) is 14.4 Å². The zero-order valence-corrected chi connectivity index (χ0v) is 20.8. The molecule has 0 unspecified atom stereocenters. The lowest BCUT2D eigenvalue weighted by atomic mass is 10.0. The van der Waals surface area contributed by atoms with E-state index in [0.29, 0.717) is 5.56 Å². The van der Waals surface area contributed by atoms with Gasteiger partial charge in [-0.15, -0.1) is 0 Å². The number of carbonyl (C=O) groups is 4. The van der Waals surface area contributed by atoms with Crippen LogP contribution in [0.4, 0.5) is 4.79 Å². The highest BCUT2D eigenvalue weighted by molar-refractivity contribution is 7.98. The molecule has 0 fully saturated rings. The first-order valence-corrected chi connectivity index (χ1v) is 11.6. The summed E-state index contributed by atoms with van der Waals surface area (Å²) < 4.78 is 20.7. The summed E-state index contributed by atoms with van der Waals surface area (Å²) in [5.41, 5.74) is -0.0298. The Hall–Kier alpha value is -3.15. The molecule has 34 heavy (non-hydrogen) atoms. The molecule has 0 aromatic heterocycles. The van der Waals surface area contributed by atoms with Gasteiger partial charge in [0.25, 0.3) is 0 Å². The van der Waals surface area contributed by atoms with Crippen LogP contribution in [0.15, 0.2) is 6.07 Å². The predicted molar refractivity (Wildman–Crippen MR) is 123 cm³/mol. The van der Waals surface area contributed by atoms with Gasteiger partial charge in [0.15, 0.2) is 0 Å². The molecule has 12 heteroatoms. The van der Waals surface area contributed by atoms with Crippen LogP contribution in [-0.2, 0) is 29.6 Å². The second-order valence-electron chi connectivity index (χ2n) is 8.47. The summed E-state index contributed by atoms with van der Waals surface area (Å²) in [6, 6.07) is -1.01. The normalized spacial score (nSPS) is 19.4. The van der Waals surface area contributed by atoms with E-state index in [9.17, 15) is 24.3 Å². The van der Waals surface area contributed by atoms with E-state index < -0.39 is 48.2 Å². The Morgan fingerprint density at radius 3 is 2.53 bits per heavy atom. The number of ether oxygens (including phenoxy) is 4. The summed E-state index contributed by atoms with van der Waals surface area (Å²) in [5, 5.41) is 15.2. The Balaban J connectivity index is 2.46. The van der Waals surface area contributed by atoms with E-state index in [0.717, 1.165) is 0 Å². The van der Waals surface area contributed by atoms with Crippen LogP contribution < -0.4 is 15.4 Å². The fourth-order valence-corrected chi connectivity index (χ4v) is 4.19. The second-order valence-corrected chi connectivity index (χ2v) is 9.50. The van der Waals surface area contributed by atoms with Crippen LogP contribution in [0.1, 0.15) is 42.3 Å². The molecule has 2 rings (SSSR count). The third-order valence-electron chi connectivity index (χ3n) is 4.77. The minimum Gasteiger partial charge on any atom is -0.508 e. The van der Waals surface area contributed by atoms with Gasteiger partial charge in [-0.1, -0.05) is 0 Å². The van der Waals surface area contributed by atoms with Crippen molar-refractivity contribution in [2.24, 2.45) is 0 Å². The van der Waals surface area contributed by atoms with E-state index in [-0.39, 0.29) is 34.1 Å². The van der Waals surface area contributed by atoms with Crippen molar-refractivity contribution in [3.63, 3.8) is 0 Å². The molecule has 2 atom stereocenters. The number of esters is 2. The maximum Gasteiger partial charge on any atom is 0.408 e. The molecule has 11 nitrogen and oxygen atoms in total. The summed E-state index contributed by atoms with van der Waals surface area (Å²) in [7, 11) is 2.59. The van der Waals surface area contributed by atoms with Gasteiger partial charge in [-0.05, 0) is 27.7 Å². The molecule has 1 aliphatic rings. The monoisotopic (exact) mass is 498 g/mol. The van der Waals surface area contributed by atoms with Crippen molar-refractivity contribution in [3.8, 4) is 11.5 Å². The number of fused-ring (bicyclic) bond motifs is 1. The number of phenolic OH excluding ortho intramolecular Hbond substituents is 1. The Bertz CT molecular complexity index is 959. The van der Waals surface area contributed by atoms with E-state index in [1.165, 1.54) is 32.0 Å². The van der Waals surface area contributed by atoms with Gasteiger partial charge in [-0.3, -0.25) is 4.79 Å². The van der Waals surface area contributed by atoms with Crippen molar-refractivity contribution in [2.45, 2.75) is 51.1 Å². The molecule has 0 spiro atoms. The number of cyclic esters (lactones) is 1. The number of thioether (sulfide) groups is 1. The Morgan fingerprint density at radius 2 is 1.94 bits per heavy atom. The van der Waals surface area contributed by atoms with Crippen LogP contribution in [0, 0.1) is 6.92 Å². The molecule has 1 aromatic rings. The fraction of sp³-hybridized carbons (Fsp3) is 0.545. The zero-order chi connectivity index (χ0) is 25.6. The summed E-state index contributed by atoms with van der Waals surface area (Å²) in [4.78, 5) is 50.4. The number of carbonyl (C=O) groups excluding carboxylic acids is 4. The molecule has 0 radical (unpaired) electrons. The van der Waals surface area contributed by atoms with E-state index in [1.54, 1.807) is 27.7 Å². The molecule has 0 saturated carbocycles. The first-order valence-electron chi connectivity index (χ1n) is 10.4. The number of benzene rings is 1. The van der Waals surface area contributed by atoms with Crippen LogP contribution >= 0.6 is 11.8 Å². The Labute approximate surface area is 201 Å². The number of amides is 2. The molecular weight excluding hydrogens is 468 g/mol. The topological polar surface area (TPSA) is 149 Å². The molecule has 2 amide bonds. The van der Waals surface area contributed by atoms with Crippen LogP contribution in [0.2, 0.25) is 0 Å². The molecule has 1 heterocycles. The van der Waals surface area contributed by atoms with E-state index in [4.69, 9.17) is 18.9 Å². The lowest BCUT2D eigenvalue weighted by Crippen LogP contribution is -2.55. The van der Waals surface area contributed by atoms with Gasteiger partial charge in [0.1, 0.15) is 35.8 Å². The summed E-state index contributed by atoms with van der Waals surface area (Å²) in [5.74, 6) is -1.83. The number of hydrogen-bond donors (Lipinski definition) is 3. The zero-order valence-electron chi connectivity index (χ0n) is 20.0. The van der Waals surface area contributed by atoms with Gasteiger partial charge in [0.2, 0.25) is 5.91 Å². The van der Waals surface area contributed by atoms with Crippen LogP contribution in [-0.4, -0.2) is 73.3 Å². The number of hydrogen-bond acceptors (Lipinski definition) is 10. The van der Waals surface area contributed by atoms with E-state index in [1.807, 2.05) is 0 Å². The van der Waals surface area contributed by atoms with Crippen molar-refractivity contribution in [1.29, 1.82) is 0 Å². The van der Waals surface area contributed by atoms with Gasteiger partial charge in [0.05, 0.1) is 19.8 Å². The Morgan fingerprint density at radius 1 is 1.26 bits per heavy atom. The van der Waals surface area contributed by atoms with Crippen LogP contribution in [0.5, 0.6) is 11.5 Å². The van der Waals surface area contributed by atoms with Gasteiger partial charge in [0, 0.05) is 28.7 Å². The van der Waals surface area contributed by atoms with Crippen molar-refractivity contribution < 1.29 is 43.2 Å². The largest absolute Gasteiger partial charge is 0.508 e. The van der Waals surface area contributed by atoms with Gasteiger partial charge >= 0.3 is 18.0 Å². The number of nitrogens with one attached hydrogen (secondary N) is 2. The number of phenols is 1. The maximum atomic E-state index is 13.0. The summed E-state index contributed by atoms with van der Waals surface area (Å²) >= 11 is 1.24. The summed E-state index contributed by atoms with van der Waals surface area (Å²) in [6.45, 7) is 5.95. The molecule has 1 aromatic carbocycles. The molecule has 3 N–H and O–H groups in total. The first kappa shape index (κ1) is 27.1. The van der Waals surface area contributed by atoms with Crippen molar-refractivity contribution in [1.82, 2.24) is 10.6 Å². The van der Waals surface area contributed by atoms with Crippen LogP contribution in [0.3, 0.4) is 0 Å². The second kappa shape index (κ2) is 11.3. The fourth-order valence-electron chi connectivity index (χ4n) is 3.12. The van der Waals surface area contributed by atoms with Crippen molar-refractivity contribution >= 4 is 35.7 Å². The Kier molecular flexibility index (Phi) is 9.02. The smallest absolute Gasteiger partial charge is 0.408 e. The number of methoxy groups -OCH3 is 2. The average Bonchev–Trinajstić information content (AvgIpc) is 2.75. The quantitative estimate of drug-likeness (QED) is 0.415. The third-order valence-corrected chi connectivity index (χ3v) is 5.83. The maximum absolute atomic E-state index is 13.0. The van der Waals surface area contributed by atoms with Gasteiger partial charge in [-0.2, -0.15) is 11.8 Å². The third kappa shape index (κ3) is 6.92. The average molecular weight is 499 g/mol. The lowest BCUT2D eigenvalue weighted by molar-refractivity contribution is -0.144. The molecule has 0 bridgehead atoms. The number of rotatable bonds is 3. The predicted octanol–water partition coefficient (Wildman–Crippen LogP) is 1.66. The highest BCUT2D eigenvalue weighted by atomic mass is 32.2. The van der Waals surface area contributed by atoms with E-state index >= 15 is 0 Å².